The number of para-hydroxylation sites is 1. The Morgan fingerprint density at radius 1 is 1.25 bits per heavy atom. The summed E-state index contributed by atoms with van der Waals surface area (Å²) in [6.07, 6.45) is 0.877. The molecule has 28 heavy (non-hydrogen) atoms. The summed E-state index contributed by atoms with van der Waals surface area (Å²) < 4.78 is 5.73. The van der Waals surface area contributed by atoms with Crippen LogP contribution in [0.15, 0.2) is 42.5 Å². The van der Waals surface area contributed by atoms with E-state index >= 15 is 0 Å². The Morgan fingerprint density at radius 3 is 2.64 bits per heavy atom. The molecule has 0 aliphatic rings. The fourth-order valence-electron chi connectivity index (χ4n) is 2.37. The lowest BCUT2D eigenvalue weighted by atomic mass is 10.1. The van der Waals surface area contributed by atoms with Gasteiger partial charge in [-0.3, -0.25) is 20.2 Å². The first-order valence-corrected chi connectivity index (χ1v) is 9.28. The number of nitro benzene ring substituents is 1. The monoisotopic (exact) mass is 401 g/mol. The van der Waals surface area contributed by atoms with E-state index in [0.717, 1.165) is 12.0 Å². The maximum Gasteiger partial charge on any atom is 0.271 e. The Labute approximate surface area is 169 Å². The molecule has 0 heterocycles. The number of non-ortho nitro benzene ring substituents is 1. The number of anilines is 1. The van der Waals surface area contributed by atoms with Gasteiger partial charge < -0.3 is 10.1 Å². The van der Waals surface area contributed by atoms with Crippen LogP contribution in [0.1, 0.15) is 36.2 Å². The lowest BCUT2D eigenvalue weighted by Gasteiger charge is -2.14. The number of aryl methyl sites for hydroxylation is 1. The van der Waals surface area contributed by atoms with E-state index in [2.05, 4.69) is 24.5 Å². The molecule has 0 saturated carbocycles. The van der Waals surface area contributed by atoms with Gasteiger partial charge in [-0.05, 0) is 49.2 Å². The second-order valence-electron chi connectivity index (χ2n) is 6.69. The molecule has 7 nitrogen and oxygen atoms in total. The number of hydrogen-bond donors (Lipinski definition) is 2. The SMILES string of the molecule is Cc1ccc([N+](=O)[O-])cc1NC(=S)NC(=O)c1ccccc1OCCC(C)C. The third-order valence-electron chi connectivity index (χ3n) is 3.99. The molecule has 148 valence electrons. The van der Waals surface area contributed by atoms with Crippen molar-refractivity contribution < 1.29 is 14.5 Å². The molecular weight excluding hydrogens is 378 g/mol. The minimum Gasteiger partial charge on any atom is -0.493 e. The fraction of sp³-hybridized carbons (Fsp3) is 0.300. The molecule has 8 heteroatoms. The number of nitro groups is 1. The lowest BCUT2D eigenvalue weighted by molar-refractivity contribution is -0.384. The summed E-state index contributed by atoms with van der Waals surface area (Å²) >= 11 is 5.19. The Hall–Kier alpha value is -3.00. The van der Waals surface area contributed by atoms with Crippen molar-refractivity contribution in [2.24, 2.45) is 5.92 Å². The molecule has 0 fully saturated rings. The summed E-state index contributed by atoms with van der Waals surface area (Å²) in [7, 11) is 0. The second-order valence-corrected chi connectivity index (χ2v) is 7.10. The lowest BCUT2D eigenvalue weighted by Crippen LogP contribution is -2.34. The summed E-state index contributed by atoms with van der Waals surface area (Å²) in [6.45, 7) is 6.50. The number of hydrogen-bond acceptors (Lipinski definition) is 5. The predicted octanol–water partition coefficient (Wildman–Crippen LogP) is 4.45. The Balaban J connectivity index is 2.06. The van der Waals surface area contributed by atoms with Crippen molar-refractivity contribution in [1.29, 1.82) is 0 Å². The zero-order valence-electron chi connectivity index (χ0n) is 16.0. The second kappa shape index (κ2) is 9.80. The van der Waals surface area contributed by atoms with Crippen molar-refractivity contribution in [1.82, 2.24) is 5.32 Å². The molecule has 0 saturated heterocycles. The van der Waals surface area contributed by atoms with Crippen molar-refractivity contribution in [2.45, 2.75) is 27.2 Å². The number of nitrogens with zero attached hydrogens (tertiary/aromatic N) is 1. The van der Waals surface area contributed by atoms with Crippen LogP contribution in [-0.4, -0.2) is 22.5 Å². The highest BCUT2D eigenvalue weighted by Crippen LogP contribution is 2.22. The molecule has 1 amide bonds. The quantitative estimate of drug-likeness (QED) is 0.404. The van der Waals surface area contributed by atoms with E-state index in [-0.39, 0.29) is 10.8 Å². The van der Waals surface area contributed by atoms with Gasteiger partial charge in [0.15, 0.2) is 5.11 Å². The first kappa shape index (κ1) is 21.3. The van der Waals surface area contributed by atoms with Crippen molar-refractivity contribution in [2.75, 3.05) is 11.9 Å². The number of benzene rings is 2. The van der Waals surface area contributed by atoms with Crippen LogP contribution in [0.5, 0.6) is 5.75 Å². The van der Waals surface area contributed by atoms with Crippen LogP contribution < -0.4 is 15.4 Å². The Kier molecular flexibility index (Phi) is 7.45. The highest BCUT2D eigenvalue weighted by molar-refractivity contribution is 7.80. The smallest absolute Gasteiger partial charge is 0.271 e. The molecular formula is C20H23N3O4S. The van der Waals surface area contributed by atoms with Gasteiger partial charge in [-0.25, -0.2) is 0 Å². The summed E-state index contributed by atoms with van der Waals surface area (Å²) in [6, 6.07) is 11.3. The van der Waals surface area contributed by atoms with Gasteiger partial charge in [-0.1, -0.05) is 32.0 Å². The van der Waals surface area contributed by atoms with Crippen LogP contribution in [0, 0.1) is 23.0 Å². The molecule has 2 N–H and O–H groups in total. The Morgan fingerprint density at radius 2 is 1.96 bits per heavy atom. The van der Waals surface area contributed by atoms with Crippen LogP contribution in [0.25, 0.3) is 0 Å². The van der Waals surface area contributed by atoms with Crippen LogP contribution in [0.2, 0.25) is 0 Å². The van der Waals surface area contributed by atoms with Gasteiger partial charge in [0.2, 0.25) is 0 Å². The third kappa shape index (κ3) is 6.02. The summed E-state index contributed by atoms with van der Waals surface area (Å²) in [4.78, 5) is 23.0. The van der Waals surface area contributed by atoms with Gasteiger partial charge in [0.05, 0.1) is 17.1 Å². The van der Waals surface area contributed by atoms with E-state index in [1.165, 1.54) is 12.1 Å². The summed E-state index contributed by atoms with van der Waals surface area (Å²) in [5.41, 5.74) is 1.53. The number of nitrogens with one attached hydrogen (secondary N) is 2. The minimum absolute atomic E-state index is 0.0468. The van der Waals surface area contributed by atoms with Gasteiger partial charge in [-0.15, -0.1) is 0 Å². The van der Waals surface area contributed by atoms with E-state index in [1.54, 1.807) is 37.3 Å². The number of ether oxygens (including phenoxy) is 1. The average Bonchev–Trinajstić information content (AvgIpc) is 2.63. The number of amides is 1. The van der Waals surface area contributed by atoms with Crippen molar-refractivity contribution in [3.63, 3.8) is 0 Å². The first-order chi connectivity index (χ1) is 13.3. The predicted molar refractivity (Wildman–Crippen MR) is 113 cm³/mol. The Bertz CT molecular complexity index is 884. The van der Waals surface area contributed by atoms with Crippen molar-refractivity contribution >= 4 is 34.6 Å². The summed E-state index contributed by atoms with van der Waals surface area (Å²) in [5, 5.41) is 16.4. The zero-order chi connectivity index (χ0) is 20.7. The van der Waals surface area contributed by atoms with E-state index in [0.29, 0.717) is 29.5 Å². The molecule has 2 rings (SSSR count). The third-order valence-corrected chi connectivity index (χ3v) is 4.20. The molecule has 0 unspecified atom stereocenters. The highest BCUT2D eigenvalue weighted by atomic mass is 32.1. The van der Waals surface area contributed by atoms with Gasteiger partial charge >= 0.3 is 0 Å². The highest BCUT2D eigenvalue weighted by Gasteiger charge is 2.15. The van der Waals surface area contributed by atoms with Gasteiger partial charge in [0.1, 0.15) is 5.75 Å². The molecule has 0 atom stereocenters. The molecule has 0 bridgehead atoms. The van der Waals surface area contributed by atoms with Gasteiger partial charge in [0, 0.05) is 17.8 Å². The number of carbonyl (C=O) groups is 1. The minimum atomic E-state index is -0.489. The fourth-order valence-corrected chi connectivity index (χ4v) is 2.57. The van der Waals surface area contributed by atoms with E-state index < -0.39 is 10.8 Å². The average molecular weight is 401 g/mol. The van der Waals surface area contributed by atoms with Crippen molar-refractivity contribution in [3.05, 3.63) is 63.7 Å². The number of thiocarbonyl (C=S) groups is 1. The van der Waals surface area contributed by atoms with E-state index in [4.69, 9.17) is 17.0 Å². The topological polar surface area (TPSA) is 93.5 Å². The zero-order valence-corrected chi connectivity index (χ0v) is 16.8. The van der Waals surface area contributed by atoms with Crippen LogP contribution in [0.3, 0.4) is 0 Å². The van der Waals surface area contributed by atoms with E-state index in [1.807, 2.05) is 0 Å². The number of rotatable bonds is 7. The standard InChI is InChI=1S/C20H23N3O4S/c1-13(2)10-11-27-18-7-5-4-6-16(18)19(24)22-20(28)21-17-12-15(23(25)26)9-8-14(17)3/h4-9,12-13H,10-11H2,1-3H3,(H2,21,22,24,28). The van der Waals surface area contributed by atoms with Crippen LogP contribution in [-0.2, 0) is 0 Å². The molecule has 0 aliphatic carbocycles. The molecule has 0 aromatic heterocycles. The normalized spacial score (nSPS) is 10.4. The van der Waals surface area contributed by atoms with Gasteiger partial charge in [0.25, 0.3) is 11.6 Å². The van der Waals surface area contributed by atoms with Crippen molar-refractivity contribution in [3.8, 4) is 5.75 Å². The molecule has 2 aromatic rings. The molecule has 0 spiro atoms. The molecule has 0 aliphatic heterocycles. The van der Waals surface area contributed by atoms with Crippen LogP contribution in [0.4, 0.5) is 11.4 Å². The molecule has 2 aromatic carbocycles. The van der Waals surface area contributed by atoms with Gasteiger partial charge in [-0.2, -0.15) is 0 Å². The first-order valence-electron chi connectivity index (χ1n) is 8.87. The van der Waals surface area contributed by atoms with E-state index in [9.17, 15) is 14.9 Å². The maximum atomic E-state index is 12.6. The maximum absolute atomic E-state index is 12.6. The largest absolute Gasteiger partial charge is 0.493 e. The van der Waals surface area contributed by atoms with Crippen LogP contribution >= 0.6 is 12.2 Å². The number of carbonyl (C=O) groups excluding carboxylic acids is 1. The summed E-state index contributed by atoms with van der Waals surface area (Å²) in [5.74, 6) is 0.562. The molecule has 0 radical (unpaired) electrons.